The molecule has 0 aromatic heterocycles. The predicted octanol–water partition coefficient (Wildman–Crippen LogP) is 2.62. The van der Waals surface area contributed by atoms with Crippen LogP contribution in [0.5, 0.6) is 11.5 Å². The maximum absolute atomic E-state index is 11.8. The molecule has 0 aliphatic carbocycles. The van der Waals surface area contributed by atoms with Gasteiger partial charge in [0.1, 0.15) is 0 Å². The van der Waals surface area contributed by atoms with Crippen LogP contribution in [-0.4, -0.2) is 28.5 Å². The number of benzene rings is 1. The van der Waals surface area contributed by atoms with E-state index in [2.05, 4.69) is 0 Å². The molecule has 1 rings (SSSR count). The molecule has 0 bridgehead atoms. The molecule has 5 heteroatoms. The van der Waals surface area contributed by atoms with E-state index in [1.165, 1.54) is 0 Å². The van der Waals surface area contributed by atoms with Crippen LogP contribution in [-0.2, 0) is 15.6 Å². The van der Waals surface area contributed by atoms with E-state index in [9.17, 15) is 4.79 Å². The van der Waals surface area contributed by atoms with Gasteiger partial charge in [-0.15, -0.1) is 0 Å². The summed E-state index contributed by atoms with van der Waals surface area (Å²) in [4.78, 5) is 11.8. The van der Waals surface area contributed by atoms with Crippen LogP contribution in [0.25, 0.3) is 0 Å². The van der Waals surface area contributed by atoms with Gasteiger partial charge >= 0.3 is 0 Å². The van der Waals surface area contributed by atoms with Crippen molar-refractivity contribution in [3.05, 3.63) is 23.8 Å². The highest BCUT2D eigenvalue weighted by Crippen LogP contribution is 2.31. The van der Waals surface area contributed by atoms with Gasteiger partial charge in [0.15, 0.2) is 11.5 Å². The molecule has 100 valence electrons. The van der Waals surface area contributed by atoms with Crippen LogP contribution in [0.4, 0.5) is 0 Å². The van der Waals surface area contributed by atoms with Crippen molar-refractivity contribution in [2.24, 2.45) is 0 Å². The van der Waals surface area contributed by atoms with Crippen molar-refractivity contribution >= 4 is 14.3 Å². The molecule has 0 spiro atoms. The maximum Gasteiger partial charge on any atom is 0.297 e. The second-order valence-corrected chi connectivity index (χ2v) is 9.34. The minimum atomic E-state index is -1.85. The van der Waals surface area contributed by atoms with Crippen LogP contribution in [0, 0.1) is 0 Å². The third-order valence-electron chi connectivity index (χ3n) is 2.24. The summed E-state index contributed by atoms with van der Waals surface area (Å²) >= 11 is 0. The Balaban J connectivity index is 2.87. The monoisotopic (exact) mass is 268 g/mol. The van der Waals surface area contributed by atoms with Gasteiger partial charge in [-0.25, -0.2) is 0 Å². The first-order chi connectivity index (χ1) is 8.37. The highest BCUT2D eigenvalue weighted by Gasteiger charge is 2.21. The van der Waals surface area contributed by atoms with Gasteiger partial charge in [0.05, 0.1) is 20.6 Å². The normalized spacial score (nSPS) is 10.9. The summed E-state index contributed by atoms with van der Waals surface area (Å²) in [5, 5.41) is 0. The van der Waals surface area contributed by atoms with Crippen LogP contribution in [0.3, 0.4) is 0 Å². The zero-order chi connectivity index (χ0) is 13.8. The molecule has 18 heavy (non-hydrogen) atoms. The first kappa shape index (κ1) is 14.6. The average molecular weight is 268 g/mol. The van der Waals surface area contributed by atoms with Crippen molar-refractivity contribution in [1.29, 1.82) is 0 Å². The van der Waals surface area contributed by atoms with E-state index in [1.54, 1.807) is 20.3 Å². The van der Waals surface area contributed by atoms with Gasteiger partial charge in [-0.05, 0) is 25.7 Å². The van der Waals surface area contributed by atoms with Crippen molar-refractivity contribution < 1.29 is 18.7 Å². The molecule has 0 radical (unpaired) electrons. The Bertz CT molecular complexity index is 423. The van der Waals surface area contributed by atoms with Crippen molar-refractivity contribution in [1.82, 2.24) is 0 Å². The van der Waals surface area contributed by atoms with E-state index < -0.39 is 8.32 Å². The topological polar surface area (TPSA) is 44.8 Å². The summed E-state index contributed by atoms with van der Waals surface area (Å²) in [5.41, 5.74) is 0.778. The van der Waals surface area contributed by atoms with Gasteiger partial charge in [-0.2, -0.15) is 0 Å². The fourth-order valence-corrected chi connectivity index (χ4v) is 2.38. The molecule has 0 aliphatic rings. The van der Waals surface area contributed by atoms with Gasteiger partial charge in [-0.1, -0.05) is 12.1 Å². The minimum absolute atomic E-state index is 0.199. The first-order valence-electron chi connectivity index (χ1n) is 5.79. The Morgan fingerprint density at radius 3 is 2.33 bits per heavy atom. The molecule has 1 aromatic carbocycles. The summed E-state index contributed by atoms with van der Waals surface area (Å²) in [5.74, 6) is 0.990. The number of hydrogen-bond donors (Lipinski definition) is 0. The van der Waals surface area contributed by atoms with Crippen LogP contribution in [0.1, 0.15) is 5.56 Å². The molecule has 0 atom stereocenters. The standard InChI is InChI=1S/C13H20O4Si/c1-15-11-8-6-7-10(13(11)16-2)9-12(14)17-18(3,4)5/h6-8H,9H2,1-5H3. The van der Waals surface area contributed by atoms with Crippen LogP contribution in [0.15, 0.2) is 18.2 Å². The highest BCUT2D eigenvalue weighted by molar-refractivity contribution is 6.71. The van der Waals surface area contributed by atoms with Gasteiger partial charge in [0, 0.05) is 5.56 Å². The van der Waals surface area contributed by atoms with Gasteiger partial charge < -0.3 is 13.9 Å². The Morgan fingerprint density at radius 1 is 1.17 bits per heavy atom. The summed E-state index contributed by atoms with van der Waals surface area (Å²) in [6.07, 6.45) is 0.199. The highest BCUT2D eigenvalue weighted by atomic mass is 28.4. The number of carbonyl (C=O) groups excluding carboxylic acids is 1. The van der Waals surface area contributed by atoms with E-state index in [4.69, 9.17) is 13.9 Å². The van der Waals surface area contributed by atoms with Crippen LogP contribution < -0.4 is 9.47 Å². The molecule has 0 amide bonds. The summed E-state index contributed by atoms with van der Waals surface area (Å²) in [6, 6.07) is 5.47. The molecule has 0 heterocycles. The molecule has 0 unspecified atom stereocenters. The number of para-hydroxylation sites is 1. The molecule has 0 saturated carbocycles. The number of ether oxygens (including phenoxy) is 2. The fraction of sp³-hybridized carbons (Fsp3) is 0.462. The SMILES string of the molecule is COc1cccc(CC(=O)O[Si](C)(C)C)c1OC. The smallest absolute Gasteiger partial charge is 0.297 e. The van der Waals surface area contributed by atoms with Crippen molar-refractivity contribution in [3.8, 4) is 11.5 Å². The number of hydrogen-bond acceptors (Lipinski definition) is 4. The molecule has 0 saturated heterocycles. The summed E-state index contributed by atoms with van der Waals surface area (Å²) in [6.45, 7) is 5.94. The van der Waals surface area contributed by atoms with Gasteiger partial charge in [-0.3, -0.25) is 4.79 Å². The molecule has 4 nitrogen and oxygen atoms in total. The zero-order valence-corrected chi connectivity index (χ0v) is 12.6. The molecular weight excluding hydrogens is 248 g/mol. The Morgan fingerprint density at radius 2 is 1.83 bits per heavy atom. The lowest BCUT2D eigenvalue weighted by molar-refractivity contribution is -0.134. The second kappa shape index (κ2) is 5.91. The first-order valence-corrected chi connectivity index (χ1v) is 9.20. The van der Waals surface area contributed by atoms with Crippen molar-refractivity contribution in [2.45, 2.75) is 26.1 Å². The zero-order valence-electron chi connectivity index (χ0n) is 11.6. The maximum atomic E-state index is 11.8. The predicted molar refractivity (Wildman–Crippen MR) is 72.7 cm³/mol. The van der Waals surface area contributed by atoms with Gasteiger partial charge in [0.25, 0.3) is 5.97 Å². The average Bonchev–Trinajstić information content (AvgIpc) is 2.25. The Kier molecular flexibility index (Phi) is 4.78. The molecule has 0 aliphatic heterocycles. The summed E-state index contributed by atoms with van der Waals surface area (Å²) in [7, 11) is 1.29. The van der Waals surface area contributed by atoms with E-state index >= 15 is 0 Å². The minimum Gasteiger partial charge on any atom is -0.520 e. The lowest BCUT2D eigenvalue weighted by Crippen LogP contribution is -2.30. The molecular formula is C13H20O4Si. The van der Waals surface area contributed by atoms with E-state index in [0.29, 0.717) is 11.5 Å². The number of methoxy groups -OCH3 is 2. The number of rotatable bonds is 5. The van der Waals surface area contributed by atoms with Gasteiger partial charge in [0.2, 0.25) is 8.32 Å². The molecule has 1 aromatic rings. The summed E-state index contributed by atoms with van der Waals surface area (Å²) < 4.78 is 15.9. The largest absolute Gasteiger partial charge is 0.520 e. The van der Waals surface area contributed by atoms with E-state index in [0.717, 1.165) is 5.56 Å². The van der Waals surface area contributed by atoms with Crippen molar-refractivity contribution in [3.63, 3.8) is 0 Å². The molecule has 0 fully saturated rings. The third kappa shape index (κ3) is 4.07. The van der Waals surface area contributed by atoms with E-state index in [1.807, 2.05) is 31.8 Å². The lowest BCUT2D eigenvalue weighted by atomic mass is 10.1. The van der Waals surface area contributed by atoms with Crippen molar-refractivity contribution in [2.75, 3.05) is 14.2 Å². The third-order valence-corrected chi connectivity index (χ3v) is 3.08. The lowest BCUT2D eigenvalue weighted by Gasteiger charge is -2.18. The number of carbonyl (C=O) groups is 1. The van der Waals surface area contributed by atoms with Crippen LogP contribution >= 0.6 is 0 Å². The van der Waals surface area contributed by atoms with Crippen LogP contribution in [0.2, 0.25) is 19.6 Å². The molecule has 0 N–H and O–H groups in total. The fourth-order valence-electron chi connectivity index (χ4n) is 1.63. The second-order valence-electron chi connectivity index (χ2n) is 4.92. The Labute approximate surface area is 109 Å². The quantitative estimate of drug-likeness (QED) is 0.770. The van der Waals surface area contributed by atoms with E-state index in [-0.39, 0.29) is 12.4 Å². The Hall–Kier alpha value is -1.49.